The summed E-state index contributed by atoms with van der Waals surface area (Å²) < 4.78 is 5.83. The fourth-order valence-corrected chi connectivity index (χ4v) is 2.96. The first-order valence-corrected chi connectivity index (χ1v) is 9.14. The molecule has 4 rings (SSSR count). The molecule has 1 aromatic heterocycles. The number of hydrogen-bond donors (Lipinski definition) is 2. The molecule has 0 bridgehead atoms. The van der Waals surface area contributed by atoms with Crippen LogP contribution < -0.4 is 10.6 Å². The Balaban J connectivity index is 1.49. The lowest BCUT2D eigenvalue weighted by atomic mass is 10.1. The summed E-state index contributed by atoms with van der Waals surface area (Å²) in [6.07, 6.45) is 0. The zero-order chi connectivity index (χ0) is 19.5. The molecule has 0 aliphatic heterocycles. The standard InChI is InChI=1S/C22H17N3O2S/c1-14-7-9-16(10-8-14)21-24-18-13-17(11-12-19(18)27-21)23-22(28)25-20(26)15-5-3-2-4-6-15/h2-13H,1H3,(H2,23,25,26,28). The minimum absolute atomic E-state index is 0.218. The molecule has 3 aromatic carbocycles. The van der Waals surface area contributed by atoms with Gasteiger partial charge in [-0.1, -0.05) is 35.9 Å². The molecule has 0 atom stereocenters. The van der Waals surface area contributed by atoms with E-state index in [1.165, 1.54) is 5.56 Å². The maximum Gasteiger partial charge on any atom is 0.257 e. The van der Waals surface area contributed by atoms with E-state index in [1.807, 2.05) is 55.5 Å². The Morgan fingerprint density at radius 2 is 1.75 bits per heavy atom. The number of carbonyl (C=O) groups excluding carboxylic acids is 1. The summed E-state index contributed by atoms with van der Waals surface area (Å²) in [5, 5.41) is 5.89. The van der Waals surface area contributed by atoms with Gasteiger partial charge in [0.15, 0.2) is 10.7 Å². The first-order chi connectivity index (χ1) is 13.6. The Kier molecular flexibility index (Phi) is 4.87. The highest BCUT2D eigenvalue weighted by Crippen LogP contribution is 2.26. The predicted molar refractivity (Wildman–Crippen MR) is 114 cm³/mol. The third kappa shape index (κ3) is 3.92. The summed E-state index contributed by atoms with van der Waals surface area (Å²) >= 11 is 5.24. The Labute approximate surface area is 167 Å². The van der Waals surface area contributed by atoms with Gasteiger partial charge in [-0.3, -0.25) is 10.1 Å². The van der Waals surface area contributed by atoms with Crippen molar-refractivity contribution in [2.45, 2.75) is 6.92 Å². The summed E-state index contributed by atoms with van der Waals surface area (Å²) in [6.45, 7) is 2.03. The van der Waals surface area contributed by atoms with Crippen molar-refractivity contribution in [1.82, 2.24) is 10.3 Å². The number of amides is 1. The molecule has 0 radical (unpaired) electrons. The van der Waals surface area contributed by atoms with Crippen molar-refractivity contribution in [3.8, 4) is 11.5 Å². The van der Waals surface area contributed by atoms with Gasteiger partial charge in [0.25, 0.3) is 5.91 Å². The molecule has 28 heavy (non-hydrogen) atoms. The van der Waals surface area contributed by atoms with E-state index in [0.29, 0.717) is 22.6 Å². The molecule has 6 heteroatoms. The van der Waals surface area contributed by atoms with Crippen LogP contribution in [0.15, 0.2) is 77.2 Å². The minimum Gasteiger partial charge on any atom is -0.436 e. The van der Waals surface area contributed by atoms with Crippen molar-refractivity contribution >= 4 is 40.0 Å². The van der Waals surface area contributed by atoms with Crippen LogP contribution in [0.5, 0.6) is 0 Å². The lowest BCUT2D eigenvalue weighted by Crippen LogP contribution is -2.34. The van der Waals surface area contributed by atoms with Crippen LogP contribution in [0.3, 0.4) is 0 Å². The van der Waals surface area contributed by atoms with Gasteiger partial charge in [0.2, 0.25) is 5.89 Å². The smallest absolute Gasteiger partial charge is 0.257 e. The van der Waals surface area contributed by atoms with E-state index >= 15 is 0 Å². The second-order valence-electron chi connectivity index (χ2n) is 6.34. The van der Waals surface area contributed by atoms with Crippen LogP contribution in [0.2, 0.25) is 0 Å². The van der Waals surface area contributed by atoms with Crippen LogP contribution in [0.1, 0.15) is 15.9 Å². The van der Waals surface area contributed by atoms with Gasteiger partial charge in [-0.05, 0) is 61.6 Å². The second kappa shape index (κ2) is 7.62. The Hall–Kier alpha value is -3.51. The Bertz CT molecular complexity index is 1150. The quantitative estimate of drug-likeness (QED) is 0.488. The SMILES string of the molecule is Cc1ccc(-c2nc3cc(NC(=S)NC(=O)c4ccccc4)ccc3o2)cc1. The van der Waals surface area contributed by atoms with Gasteiger partial charge in [0, 0.05) is 16.8 Å². The first kappa shape index (κ1) is 17.9. The van der Waals surface area contributed by atoms with Crippen LogP contribution in [0.25, 0.3) is 22.6 Å². The van der Waals surface area contributed by atoms with Gasteiger partial charge in [0.1, 0.15) is 5.52 Å². The van der Waals surface area contributed by atoms with Gasteiger partial charge in [0.05, 0.1) is 0 Å². The molecule has 138 valence electrons. The fourth-order valence-electron chi connectivity index (χ4n) is 2.75. The van der Waals surface area contributed by atoms with Gasteiger partial charge in [-0.25, -0.2) is 4.98 Å². The molecule has 0 saturated heterocycles. The number of aromatic nitrogens is 1. The summed E-state index contributed by atoms with van der Waals surface area (Å²) in [5.41, 5.74) is 4.74. The number of hydrogen-bond acceptors (Lipinski definition) is 4. The zero-order valence-corrected chi connectivity index (χ0v) is 15.9. The van der Waals surface area contributed by atoms with E-state index in [9.17, 15) is 4.79 Å². The minimum atomic E-state index is -0.262. The van der Waals surface area contributed by atoms with E-state index in [-0.39, 0.29) is 11.0 Å². The highest BCUT2D eigenvalue weighted by atomic mass is 32.1. The monoisotopic (exact) mass is 387 g/mol. The van der Waals surface area contributed by atoms with Gasteiger partial charge < -0.3 is 9.73 Å². The molecule has 0 unspecified atom stereocenters. The number of fused-ring (bicyclic) bond motifs is 1. The predicted octanol–water partition coefficient (Wildman–Crippen LogP) is 4.93. The maximum absolute atomic E-state index is 12.2. The fraction of sp³-hybridized carbons (Fsp3) is 0.0455. The van der Waals surface area contributed by atoms with Crippen molar-refractivity contribution in [1.29, 1.82) is 0 Å². The lowest BCUT2D eigenvalue weighted by molar-refractivity contribution is 0.0977. The molecule has 2 N–H and O–H groups in total. The molecule has 0 aliphatic rings. The third-order valence-corrected chi connectivity index (χ3v) is 4.41. The second-order valence-corrected chi connectivity index (χ2v) is 6.75. The van der Waals surface area contributed by atoms with Crippen molar-refractivity contribution in [3.63, 3.8) is 0 Å². The van der Waals surface area contributed by atoms with E-state index in [2.05, 4.69) is 15.6 Å². The highest BCUT2D eigenvalue weighted by molar-refractivity contribution is 7.80. The number of anilines is 1. The molecule has 5 nitrogen and oxygen atoms in total. The third-order valence-electron chi connectivity index (χ3n) is 4.21. The van der Waals surface area contributed by atoms with Gasteiger partial charge in [-0.2, -0.15) is 0 Å². The summed E-state index contributed by atoms with van der Waals surface area (Å²) in [4.78, 5) is 16.7. The summed E-state index contributed by atoms with van der Waals surface area (Å²) in [7, 11) is 0. The first-order valence-electron chi connectivity index (χ1n) is 8.73. The van der Waals surface area contributed by atoms with E-state index in [4.69, 9.17) is 16.6 Å². The number of rotatable bonds is 3. The van der Waals surface area contributed by atoms with Crippen molar-refractivity contribution in [3.05, 3.63) is 83.9 Å². The molecule has 0 fully saturated rings. The molecule has 4 aromatic rings. The van der Waals surface area contributed by atoms with Crippen LogP contribution >= 0.6 is 12.2 Å². The van der Waals surface area contributed by atoms with E-state index in [1.54, 1.807) is 24.3 Å². The van der Waals surface area contributed by atoms with Gasteiger partial charge >= 0.3 is 0 Å². The maximum atomic E-state index is 12.2. The van der Waals surface area contributed by atoms with E-state index in [0.717, 1.165) is 11.3 Å². The van der Waals surface area contributed by atoms with Crippen molar-refractivity contribution in [2.75, 3.05) is 5.32 Å². The Morgan fingerprint density at radius 3 is 2.50 bits per heavy atom. The number of oxazole rings is 1. The number of nitrogens with one attached hydrogen (secondary N) is 2. The van der Waals surface area contributed by atoms with Gasteiger partial charge in [-0.15, -0.1) is 0 Å². The number of carbonyl (C=O) groups is 1. The van der Waals surface area contributed by atoms with Crippen LogP contribution in [-0.2, 0) is 0 Å². The summed E-state index contributed by atoms with van der Waals surface area (Å²) in [6, 6.07) is 22.4. The molecular formula is C22H17N3O2S. The largest absolute Gasteiger partial charge is 0.436 e. The number of nitrogens with zero attached hydrogens (tertiary/aromatic N) is 1. The van der Waals surface area contributed by atoms with E-state index < -0.39 is 0 Å². The van der Waals surface area contributed by atoms with Crippen LogP contribution in [0, 0.1) is 6.92 Å². The Morgan fingerprint density at radius 1 is 1.00 bits per heavy atom. The number of aryl methyl sites for hydroxylation is 1. The van der Waals surface area contributed by atoms with Crippen molar-refractivity contribution in [2.24, 2.45) is 0 Å². The molecule has 1 amide bonds. The highest BCUT2D eigenvalue weighted by Gasteiger charge is 2.11. The molecule has 0 spiro atoms. The molecule has 1 heterocycles. The normalized spacial score (nSPS) is 10.6. The van der Waals surface area contributed by atoms with Crippen LogP contribution in [-0.4, -0.2) is 16.0 Å². The average molecular weight is 387 g/mol. The summed E-state index contributed by atoms with van der Waals surface area (Å²) in [5.74, 6) is 0.300. The molecule has 0 aliphatic carbocycles. The zero-order valence-electron chi connectivity index (χ0n) is 15.1. The number of benzene rings is 3. The lowest BCUT2D eigenvalue weighted by Gasteiger charge is -2.09. The average Bonchev–Trinajstić information content (AvgIpc) is 3.12. The van der Waals surface area contributed by atoms with Crippen LogP contribution in [0.4, 0.5) is 5.69 Å². The molecular weight excluding hydrogens is 370 g/mol. The molecule has 0 saturated carbocycles. The van der Waals surface area contributed by atoms with Crippen molar-refractivity contribution < 1.29 is 9.21 Å². The number of thiocarbonyl (C=S) groups is 1. The topological polar surface area (TPSA) is 67.2 Å².